The van der Waals surface area contributed by atoms with Gasteiger partial charge in [-0.2, -0.15) is 4.68 Å². The highest BCUT2D eigenvalue weighted by atomic mass is 35.5. The second-order valence-electron chi connectivity index (χ2n) is 6.80. The van der Waals surface area contributed by atoms with Crippen LogP contribution >= 0.6 is 23.4 Å². The Hall–Kier alpha value is -2.87. The van der Waals surface area contributed by atoms with Crippen molar-refractivity contribution in [1.82, 2.24) is 25.5 Å². The lowest BCUT2D eigenvalue weighted by molar-refractivity contribution is 0.306. The smallest absolute Gasteiger partial charge is 0.214 e. The van der Waals surface area contributed by atoms with Gasteiger partial charge in [-0.1, -0.05) is 65.8 Å². The molecule has 0 unspecified atom stereocenters. The normalized spacial score (nSPS) is 10.9. The molecule has 31 heavy (non-hydrogen) atoms. The van der Waals surface area contributed by atoms with E-state index in [1.807, 2.05) is 66.7 Å². The van der Waals surface area contributed by atoms with Crippen molar-refractivity contribution in [3.63, 3.8) is 0 Å². The van der Waals surface area contributed by atoms with Gasteiger partial charge in [-0.3, -0.25) is 0 Å². The number of thioether (sulfide) groups is 1. The van der Waals surface area contributed by atoms with Crippen molar-refractivity contribution >= 4 is 23.4 Å². The first kappa shape index (κ1) is 21.4. The molecule has 0 spiro atoms. The molecule has 0 amide bonds. The molecule has 8 heteroatoms. The maximum absolute atomic E-state index is 6.01. The van der Waals surface area contributed by atoms with Gasteiger partial charge in [0.1, 0.15) is 12.4 Å². The van der Waals surface area contributed by atoms with Gasteiger partial charge in [0.15, 0.2) is 0 Å². The predicted molar refractivity (Wildman–Crippen MR) is 124 cm³/mol. The van der Waals surface area contributed by atoms with Crippen molar-refractivity contribution in [2.24, 2.45) is 0 Å². The number of hydrogen-bond donors (Lipinski definition) is 1. The van der Waals surface area contributed by atoms with Gasteiger partial charge in [0.05, 0.1) is 5.69 Å². The van der Waals surface area contributed by atoms with Crippen molar-refractivity contribution in [2.75, 3.05) is 12.3 Å². The quantitative estimate of drug-likeness (QED) is 0.276. The summed E-state index contributed by atoms with van der Waals surface area (Å²) in [7, 11) is 0. The van der Waals surface area contributed by atoms with E-state index >= 15 is 0 Å². The molecule has 0 aliphatic rings. The van der Waals surface area contributed by atoms with Gasteiger partial charge in [0.25, 0.3) is 0 Å². The minimum Gasteiger partial charge on any atom is -0.489 e. The summed E-state index contributed by atoms with van der Waals surface area (Å²) >= 11 is 7.63. The zero-order chi connectivity index (χ0) is 21.3. The van der Waals surface area contributed by atoms with Crippen molar-refractivity contribution in [1.29, 1.82) is 0 Å². The zero-order valence-corrected chi connectivity index (χ0v) is 18.4. The largest absolute Gasteiger partial charge is 0.489 e. The van der Waals surface area contributed by atoms with Gasteiger partial charge < -0.3 is 10.1 Å². The molecule has 0 fully saturated rings. The number of aromatic nitrogens is 4. The fourth-order valence-corrected chi connectivity index (χ4v) is 3.94. The summed E-state index contributed by atoms with van der Waals surface area (Å²) in [5, 5.41) is 16.9. The van der Waals surface area contributed by atoms with Crippen LogP contribution in [-0.2, 0) is 13.2 Å². The highest BCUT2D eigenvalue weighted by Crippen LogP contribution is 2.18. The van der Waals surface area contributed by atoms with Crippen LogP contribution in [0.1, 0.15) is 11.1 Å². The van der Waals surface area contributed by atoms with Crippen molar-refractivity contribution < 1.29 is 4.74 Å². The molecule has 0 atom stereocenters. The Morgan fingerprint density at radius 3 is 2.58 bits per heavy atom. The summed E-state index contributed by atoms with van der Waals surface area (Å²) in [4.78, 5) is 0. The van der Waals surface area contributed by atoms with E-state index in [4.69, 9.17) is 16.3 Å². The average Bonchev–Trinajstić information content (AvgIpc) is 3.27. The number of para-hydroxylation sites is 1. The summed E-state index contributed by atoms with van der Waals surface area (Å²) in [6, 6.07) is 25.7. The fraction of sp³-hybridized carbons (Fsp3) is 0.174. The molecule has 0 aliphatic carbocycles. The van der Waals surface area contributed by atoms with E-state index in [0.717, 1.165) is 46.0 Å². The molecule has 1 N–H and O–H groups in total. The van der Waals surface area contributed by atoms with Gasteiger partial charge in [-0.05, 0) is 58.0 Å². The van der Waals surface area contributed by atoms with E-state index in [2.05, 4.69) is 33.0 Å². The van der Waals surface area contributed by atoms with Crippen LogP contribution in [0.3, 0.4) is 0 Å². The van der Waals surface area contributed by atoms with Gasteiger partial charge in [-0.15, -0.1) is 5.10 Å². The number of tetrazole rings is 1. The predicted octanol–water partition coefficient (Wildman–Crippen LogP) is 4.78. The fourth-order valence-electron chi connectivity index (χ4n) is 2.94. The molecule has 0 bridgehead atoms. The first-order chi connectivity index (χ1) is 15.3. The Bertz CT molecular complexity index is 1090. The van der Waals surface area contributed by atoms with Crippen LogP contribution in [0.5, 0.6) is 5.75 Å². The van der Waals surface area contributed by atoms with E-state index < -0.39 is 0 Å². The van der Waals surface area contributed by atoms with Crippen LogP contribution in [0.2, 0.25) is 5.02 Å². The van der Waals surface area contributed by atoms with Crippen molar-refractivity contribution in [3.05, 3.63) is 95.0 Å². The van der Waals surface area contributed by atoms with Crippen LogP contribution in [0, 0.1) is 0 Å². The molecule has 3 aromatic carbocycles. The second-order valence-corrected chi connectivity index (χ2v) is 8.30. The maximum atomic E-state index is 6.01. The van der Waals surface area contributed by atoms with E-state index in [0.29, 0.717) is 6.61 Å². The van der Waals surface area contributed by atoms with E-state index in [1.165, 1.54) is 5.56 Å². The van der Waals surface area contributed by atoms with Crippen LogP contribution in [0.25, 0.3) is 5.69 Å². The lowest BCUT2D eigenvalue weighted by Crippen LogP contribution is -2.16. The number of ether oxygens (including phenoxy) is 1. The minimum absolute atomic E-state index is 0.498. The van der Waals surface area contributed by atoms with E-state index in [9.17, 15) is 0 Å². The monoisotopic (exact) mass is 451 g/mol. The van der Waals surface area contributed by atoms with E-state index in [1.54, 1.807) is 16.4 Å². The third kappa shape index (κ3) is 6.30. The third-order valence-electron chi connectivity index (χ3n) is 4.50. The van der Waals surface area contributed by atoms with Crippen molar-refractivity contribution in [3.8, 4) is 11.4 Å². The molecule has 1 aromatic heterocycles. The second kappa shape index (κ2) is 10.9. The van der Waals surface area contributed by atoms with Gasteiger partial charge in [-0.25, -0.2) is 0 Å². The number of nitrogens with zero attached hydrogens (tertiary/aromatic N) is 4. The van der Waals surface area contributed by atoms with Crippen molar-refractivity contribution in [2.45, 2.75) is 18.3 Å². The maximum Gasteiger partial charge on any atom is 0.214 e. The summed E-state index contributed by atoms with van der Waals surface area (Å²) in [6.45, 7) is 2.13. The van der Waals surface area contributed by atoms with E-state index in [-0.39, 0.29) is 0 Å². The molecule has 4 rings (SSSR count). The lowest BCUT2D eigenvalue weighted by atomic mass is 10.2. The number of hydrogen-bond acceptors (Lipinski definition) is 6. The van der Waals surface area contributed by atoms with Gasteiger partial charge >= 0.3 is 0 Å². The topological polar surface area (TPSA) is 64.9 Å². The molecule has 6 nitrogen and oxygen atoms in total. The Morgan fingerprint density at radius 1 is 0.935 bits per heavy atom. The summed E-state index contributed by atoms with van der Waals surface area (Å²) in [5.41, 5.74) is 3.21. The van der Waals surface area contributed by atoms with Crippen LogP contribution in [-0.4, -0.2) is 32.5 Å². The SMILES string of the molecule is Clc1cccc(COc2ccc(CNCCSc3nnnn3-c3ccccc3)cc2)c1. The molecule has 4 aromatic rings. The third-order valence-corrected chi connectivity index (χ3v) is 5.65. The minimum atomic E-state index is 0.498. The molecule has 0 saturated carbocycles. The van der Waals surface area contributed by atoms with Gasteiger partial charge in [0, 0.05) is 23.9 Å². The molecular formula is C23H22ClN5OS. The summed E-state index contributed by atoms with van der Waals surface area (Å²) < 4.78 is 7.59. The Morgan fingerprint density at radius 2 is 1.77 bits per heavy atom. The molecule has 0 saturated heterocycles. The molecule has 0 aliphatic heterocycles. The number of halogens is 1. The number of nitrogens with one attached hydrogen (secondary N) is 1. The highest BCUT2D eigenvalue weighted by molar-refractivity contribution is 7.99. The first-order valence-electron chi connectivity index (χ1n) is 9.91. The Balaban J connectivity index is 1.18. The van der Waals surface area contributed by atoms with Crippen LogP contribution < -0.4 is 10.1 Å². The first-order valence-corrected chi connectivity index (χ1v) is 11.3. The summed E-state index contributed by atoms with van der Waals surface area (Å²) in [6.07, 6.45) is 0. The van der Waals surface area contributed by atoms with Crippen LogP contribution in [0.4, 0.5) is 0 Å². The number of benzene rings is 3. The Kier molecular flexibility index (Phi) is 7.55. The lowest BCUT2D eigenvalue weighted by Gasteiger charge is -2.09. The highest BCUT2D eigenvalue weighted by Gasteiger charge is 2.08. The van der Waals surface area contributed by atoms with Crippen LogP contribution in [0.15, 0.2) is 84.0 Å². The van der Waals surface area contributed by atoms with Gasteiger partial charge in [0.2, 0.25) is 5.16 Å². The molecule has 158 valence electrons. The molecular weight excluding hydrogens is 430 g/mol. The Labute approximate surface area is 190 Å². The average molecular weight is 452 g/mol. The molecule has 0 radical (unpaired) electrons. The molecule has 1 heterocycles. The summed E-state index contributed by atoms with van der Waals surface area (Å²) in [5.74, 6) is 1.71. The number of rotatable bonds is 10. The standard InChI is InChI=1S/C23H22ClN5OS/c24-20-6-4-5-19(15-20)17-30-22-11-9-18(10-12-22)16-25-13-14-31-23-26-27-28-29(23)21-7-2-1-3-8-21/h1-12,15,25H,13-14,16-17H2. The zero-order valence-electron chi connectivity index (χ0n) is 16.8.